The number of carbonyl (C=O) groups is 1. The number of alkyl halides is 1. The van der Waals surface area contributed by atoms with Gasteiger partial charge in [0.15, 0.2) is 0 Å². The number of rotatable bonds is 3. The first-order valence-electron chi connectivity index (χ1n) is 4.63. The molecule has 1 aromatic carbocycles. The van der Waals surface area contributed by atoms with Crippen LogP contribution in [0.25, 0.3) is 0 Å². The number of nitrogens with zero attached hydrogens (tertiary/aromatic N) is 1. The smallest absolute Gasteiger partial charge is 0.339 e. The van der Waals surface area contributed by atoms with E-state index in [0.717, 1.165) is 5.56 Å². The molecular weight excluding hydrogens is 290 g/mol. The number of halogens is 1. The minimum atomic E-state index is -0.452. The van der Waals surface area contributed by atoms with Crippen molar-refractivity contribution >= 4 is 34.5 Å². The molecule has 0 aromatic heterocycles. The highest BCUT2D eigenvalue weighted by Crippen LogP contribution is 2.23. The van der Waals surface area contributed by atoms with Crippen molar-refractivity contribution in [2.75, 3.05) is 6.61 Å². The fourth-order valence-electron chi connectivity index (χ4n) is 1.22. The summed E-state index contributed by atoms with van der Waals surface area (Å²) < 4.78 is 4.90. The number of hydrogen-bond acceptors (Lipinski definition) is 4. The van der Waals surface area contributed by atoms with Gasteiger partial charge in [0.1, 0.15) is 6.07 Å². The summed E-state index contributed by atoms with van der Waals surface area (Å²) in [6.07, 6.45) is 0. The predicted octanol–water partition coefficient (Wildman–Crippen LogP) is 2.92. The SMILES string of the molecule is CCOC(=O)c1cc(CBr)cc(C#N)c1S. The summed E-state index contributed by atoms with van der Waals surface area (Å²) in [6.45, 7) is 2.03. The van der Waals surface area contributed by atoms with Crippen LogP contribution in [0.1, 0.15) is 28.4 Å². The Kier molecular flexibility index (Phi) is 4.84. The maximum atomic E-state index is 11.6. The molecule has 0 bridgehead atoms. The number of hydrogen-bond donors (Lipinski definition) is 1. The molecule has 1 rings (SSSR count). The second kappa shape index (κ2) is 5.92. The lowest BCUT2D eigenvalue weighted by Crippen LogP contribution is -2.07. The van der Waals surface area contributed by atoms with Crippen molar-refractivity contribution in [3.8, 4) is 6.07 Å². The third-order valence-electron chi connectivity index (χ3n) is 1.94. The van der Waals surface area contributed by atoms with Gasteiger partial charge in [-0.1, -0.05) is 15.9 Å². The van der Waals surface area contributed by atoms with E-state index in [2.05, 4.69) is 28.6 Å². The van der Waals surface area contributed by atoms with E-state index in [1.54, 1.807) is 19.1 Å². The average molecular weight is 300 g/mol. The quantitative estimate of drug-likeness (QED) is 0.530. The molecule has 16 heavy (non-hydrogen) atoms. The Morgan fingerprint density at radius 1 is 1.62 bits per heavy atom. The van der Waals surface area contributed by atoms with Gasteiger partial charge in [0.2, 0.25) is 0 Å². The lowest BCUT2D eigenvalue weighted by molar-refractivity contribution is 0.0522. The largest absolute Gasteiger partial charge is 0.462 e. The van der Waals surface area contributed by atoms with Crippen LogP contribution >= 0.6 is 28.6 Å². The Balaban J connectivity index is 3.27. The van der Waals surface area contributed by atoms with E-state index in [1.165, 1.54) is 0 Å². The topological polar surface area (TPSA) is 50.1 Å². The number of ether oxygens (including phenoxy) is 1. The van der Waals surface area contributed by atoms with E-state index < -0.39 is 5.97 Å². The lowest BCUT2D eigenvalue weighted by Gasteiger charge is -2.08. The third kappa shape index (κ3) is 2.77. The van der Waals surface area contributed by atoms with Crippen molar-refractivity contribution in [1.29, 1.82) is 5.26 Å². The summed E-state index contributed by atoms with van der Waals surface area (Å²) in [5.74, 6) is -0.452. The van der Waals surface area contributed by atoms with Crippen molar-refractivity contribution in [3.05, 3.63) is 28.8 Å². The summed E-state index contributed by atoms with van der Waals surface area (Å²) in [4.78, 5) is 12.0. The Morgan fingerprint density at radius 3 is 2.81 bits per heavy atom. The summed E-state index contributed by atoms with van der Waals surface area (Å²) in [6, 6.07) is 5.37. The van der Waals surface area contributed by atoms with Gasteiger partial charge in [-0.2, -0.15) is 5.26 Å². The Hall–Kier alpha value is -0.990. The molecule has 0 unspecified atom stereocenters. The molecule has 0 spiro atoms. The van der Waals surface area contributed by atoms with Gasteiger partial charge in [-0.3, -0.25) is 0 Å². The van der Waals surface area contributed by atoms with Crippen molar-refractivity contribution in [3.63, 3.8) is 0 Å². The fourth-order valence-corrected chi connectivity index (χ4v) is 1.82. The monoisotopic (exact) mass is 299 g/mol. The molecule has 0 fully saturated rings. The summed E-state index contributed by atoms with van der Waals surface area (Å²) >= 11 is 7.45. The molecule has 0 saturated heterocycles. The molecule has 3 nitrogen and oxygen atoms in total. The molecule has 84 valence electrons. The highest BCUT2D eigenvalue weighted by atomic mass is 79.9. The van der Waals surface area contributed by atoms with Gasteiger partial charge in [0.25, 0.3) is 0 Å². The maximum Gasteiger partial charge on any atom is 0.339 e. The molecule has 0 aliphatic heterocycles. The zero-order valence-corrected chi connectivity index (χ0v) is 11.1. The van der Waals surface area contributed by atoms with Gasteiger partial charge in [0.05, 0.1) is 17.7 Å². The maximum absolute atomic E-state index is 11.6. The minimum absolute atomic E-state index is 0.298. The number of thiol groups is 1. The van der Waals surface area contributed by atoms with E-state index in [1.807, 2.05) is 6.07 Å². The van der Waals surface area contributed by atoms with Crippen LogP contribution in [0, 0.1) is 11.3 Å². The predicted molar refractivity (Wildman–Crippen MR) is 67.0 cm³/mol. The van der Waals surface area contributed by atoms with E-state index in [0.29, 0.717) is 28.0 Å². The number of nitriles is 1. The number of benzene rings is 1. The molecule has 1 aromatic rings. The fraction of sp³-hybridized carbons (Fsp3) is 0.273. The first kappa shape index (κ1) is 13.1. The second-order valence-corrected chi connectivity index (χ2v) is 4.01. The van der Waals surface area contributed by atoms with Gasteiger partial charge in [0, 0.05) is 10.2 Å². The van der Waals surface area contributed by atoms with Gasteiger partial charge < -0.3 is 4.74 Å². The van der Waals surface area contributed by atoms with Crippen LogP contribution < -0.4 is 0 Å². The summed E-state index contributed by atoms with van der Waals surface area (Å²) in [5, 5.41) is 9.48. The van der Waals surface area contributed by atoms with Gasteiger partial charge >= 0.3 is 5.97 Å². The molecule has 0 amide bonds. The molecule has 0 aliphatic carbocycles. The van der Waals surface area contributed by atoms with E-state index in [4.69, 9.17) is 10.00 Å². The molecule has 0 atom stereocenters. The highest BCUT2D eigenvalue weighted by molar-refractivity contribution is 9.08. The van der Waals surface area contributed by atoms with Crippen molar-refractivity contribution < 1.29 is 9.53 Å². The second-order valence-electron chi connectivity index (χ2n) is 3.01. The van der Waals surface area contributed by atoms with E-state index >= 15 is 0 Å². The molecule has 0 N–H and O–H groups in total. The molecule has 5 heteroatoms. The van der Waals surface area contributed by atoms with Crippen LogP contribution in [-0.4, -0.2) is 12.6 Å². The summed E-state index contributed by atoms with van der Waals surface area (Å²) in [5.41, 5.74) is 1.56. The first-order chi connectivity index (χ1) is 7.63. The Morgan fingerprint density at radius 2 is 2.31 bits per heavy atom. The van der Waals surface area contributed by atoms with Crippen LogP contribution in [-0.2, 0) is 10.1 Å². The first-order valence-corrected chi connectivity index (χ1v) is 6.20. The van der Waals surface area contributed by atoms with Gasteiger partial charge in [-0.05, 0) is 24.6 Å². The number of esters is 1. The number of carbonyl (C=O) groups excluding carboxylic acids is 1. The van der Waals surface area contributed by atoms with E-state index in [-0.39, 0.29) is 0 Å². The normalized spacial score (nSPS) is 9.62. The van der Waals surface area contributed by atoms with Crippen molar-refractivity contribution in [2.24, 2.45) is 0 Å². The third-order valence-corrected chi connectivity index (χ3v) is 3.07. The highest BCUT2D eigenvalue weighted by Gasteiger charge is 2.15. The lowest BCUT2D eigenvalue weighted by atomic mass is 10.1. The van der Waals surface area contributed by atoms with Crippen LogP contribution in [0.3, 0.4) is 0 Å². The zero-order valence-electron chi connectivity index (χ0n) is 8.66. The van der Waals surface area contributed by atoms with Crippen molar-refractivity contribution in [1.82, 2.24) is 0 Å². The molecule has 0 radical (unpaired) electrons. The molecule has 0 heterocycles. The average Bonchev–Trinajstić information content (AvgIpc) is 2.29. The Labute approximate surface area is 108 Å². The van der Waals surface area contributed by atoms with Gasteiger partial charge in [-0.25, -0.2) is 4.79 Å². The van der Waals surface area contributed by atoms with Gasteiger partial charge in [-0.15, -0.1) is 12.6 Å². The zero-order chi connectivity index (χ0) is 12.1. The van der Waals surface area contributed by atoms with Crippen LogP contribution in [0.4, 0.5) is 0 Å². The van der Waals surface area contributed by atoms with Crippen molar-refractivity contribution in [2.45, 2.75) is 17.1 Å². The standard InChI is InChI=1S/C11H10BrNO2S/c1-2-15-11(14)9-4-7(5-12)3-8(6-13)10(9)16/h3-4,16H,2,5H2,1H3. The Bertz CT molecular complexity index is 454. The van der Waals surface area contributed by atoms with Crippen LogP contribution in [0.2, 0.25) is 0 Å². The molecule has 0 saturated carbocycles. The van der Waals surface area contributed by atoms with E-state index in [9.17, 15) is 4.79 Å². The van der Waals surface area contributed by atoms with Crippen LogP contribution in [0.5, 0.6) is 0 Å². The minimum Gasteiger partial charge on any atom is -0.462 e. The molecular formula is C11H10BrNO2S. The summed E-state index contributed by atoms with van der Waals surface area (Å²) in [7, 11) is 0. The molecule has 0 aliphatic rings. The van der Waals surface area contributed by atoms with Crippen LogP contribution in [0.15, 0.2) is 17.0 Å².